The van der Waals surface area contributed by atoms with Crippen molar-refractivity contribution in [3.63, 3.8) is 0 Å². The van der Waals surface area contributed by atoms with Crippen molar-refractivity contribution in [2.75, 3.05) is 11.9 Å². The Labute approximate surface area is 184 Å². The van der Waals surface area contributed by atoms with E-state index in [1.807, 2.05) is 6.07 Å². The third kappa shape index (κ3) is 6.50. The molecule has 0 saturated carbocycles. The Morgan fingerprint density at radius 3 is 2.53 bits per heavy atom. The van der Waals surface area contributed by atoms with Gasteiger partial charge in [-0.2, -0.15) is 5.10 Å². The van der Waals surface area contributed by atoms with Crippen LogP contribution in [0.2, 0.25) is 0 Å². The highest BCUT2D eigenvalue weighted by Gasteiger charge is 2.31. The molecule has 0 aliphatic rings. The fourth-order valence-corrected chi connectivity index (χ4v) is 3.00. The number of hydrogen-bond donors (Lipinski definition) is 0. The summed E-state index contributed by atoms with van der Waals surface area (Å²) in [5, 5.41) is 8.24. The number of halogens is 3. The van der Waals surface area contributed by atoms with E-state index in [2.05, 4.69) is 26.8 Å². The van der Waals surface area contributed by atoms with Gasteiger partial charge in [-0.15, -0.1) is 18.3 Å². The van der Waals surface area contributed by atoms with Crippen LogP contribution in [0.4, 0.5) is 19.0 Å². The van der Waals surface area contributed by atoms with Crippen molar-refractivity contribution in [1.29, 1.82) is 0 Å². The highest BCUT2D eigenvalue weighted by molar-refractivity contribution is 5.93. The first-order valence-corrected chi connectivity index (χ1v) is 9.94. The van der Waals surface area contributed by atoms with Crippen LogP contribution in [0.25, 0.3) is 11.1 Å². The van der Waals surface area contributed by atoms with E-state index in [4.69, 9.17) is 0 Å². The molecule has 0 saturated heterocycles. The number of amides is 1. The molecule has 167 valence electrons. The smallest absolute Gasteiger partial charge is 0.406 e. The van der Waals surface area contributed by atoms with Crippen LogP contribution in [0.5, 0.6) is 5.75 Å². The van der Waals surface area contributed by atoms with Crippen molar-refractivity contribution in [3.05, 3.63) is 73.0 Å². The van der Waals surface area contributed by atoms with Crippen LogP contribution in [0, 0.1) is 6.92 Å². The topological polar surface area (TPSA) is 68.2 Å². The number of benzene rings is 1. The maximum Gasteiger partial charge on any atom is 0.573 e. The van der Waals surface area contributed by atoms with Crippen molar-refractivity contribution >= 4 is 11.7 Å². The van der Waals surface area contributed by atoms with Crippen molar-refractivity contribution in [2.45, 2.75) is 32.0 Å². The van der Waals surface area contributed by atoms with E-state index in [1.165, 1.54) is 29.3 Å². The number of anilines is 1. The molecule has 3 rings (SSSR count). The predicted octanol–water partition coefficient (Wildman–Crippen LogP) is 4.80. The molecule has 9 heteroatoms. The van der Waals surface area contributed by atoms with Gasteiger partial charge >= 0.3 is 6.36 Å². The van der Waals surface area contributed by atoms with Crippen molar-refractivity contribution in [2.24, 2.45) is 0 Å². The third-order valence-corrected chi connectivity index (χ3v) is 4.66. The maximum atomic E-state index is 12.7. The molecule has 2 heterocycles. The summed E-state index contributed by atoms with van der Waals surface area (Å²) in [5.74, 6) is -0.147. The van der Waals surface area contributed by atoms with E-state index in [9.17, 15) is 18.0 Å². The average Bonchev–Trinajstić information content (AvgIpc) is 2.77. The molecule has 0 aliphatic carbocycles. The van der Waals surface area contributed by atoms with Gasteiger partial charge in [0.05, 0.1) is 17.8 Å². The lowest BCUT2D eigenvalue weighted by molar-refractivity contribution is -0.274. The Hall–Kier alpha value is -3.49. The fraction of sp³-hybridized carbons (Fsp3) is 0.261. The summed E-state index contributed by atoms with van der Waals surface area (Å²) >= 11 is 0. The maximum absolute atomic E-state index is 12.7. The van der Waals surface area contributed by atoms with E-state index in [-0.39, 0.29) is 18.1 Å². The number of aromatic nitrogens is 3. The summed E-state index contributed by atoms with van der Waals surface area (Å²) in [5.41, 5.74) is 2.44. The number of pyridine rings is 1. The monoisotopic (exact) mass is 443 g/mol. The molecule has 32 heavy (non-hydrogen) atoms. The van der Waals surface area contributed by atoms with Crippen LogP contribution >= 0.6 is 0 Å². The lowest BCUT2D eigenvalue weighted by Crippen LogP contribution is -2.29. The van der Waals surface area contributed by atoms with Crippen LogP contribution < -0.4 is 9.64 Å². The second-order valence-electron chi connectivity index (χ2n) is 7.08. The van der Waals surface area contributed by atoms with Crippen molar-refractivity contribution < 1.29 is 22.7 Å². The molecule has 0 unspecified atom stereocenters. The van der Waals surface area contributed by atoms with E-state index >= 15 is 0 Å². The van der Waals surface area contributed by atoms with Crippen LogP contribution in [-0.2, 0) is 17.6 Å². The Morgan fingerprint density at radius 1 is 1.06 bits per heavy atom. The number of alkyl halides is 3. The molecule has 1 radical (unpaired) electrons. The molecule has 1 aromatic carbocycles. The zero-order valence-electron chi connectivity index (χ0n) is 17.5. The van der Waals surface area contributed by atoms with Gasteiger partial charge in [0.1, 0.15) is 5.75 Å². The molecule has 6 nitrogen and oxygen atoms in total. The van der Waals surface area contributed by atoms with Crippen molar-refractivity contribution in [3.8, 4) is 16.9 Å². The highest BCUT2D eigenvalue weighted by Crippen LogP contribution is 2.28. The minimum absolute atomic E-state index is 0.00594. The van der Waals surface area contributed by atoms with Crippen LogP contribution in [0.1, 0.15) is 24.2 Å². The molecular weight excluding hydrogens is 421 g/mol. The minimum Gasteiger partial charge on any atom is -0.406 e. The molecule has 0 spiro atoms. The zero-order valence-corrected chi connectivity index (χ0v) is 17.5. The van der Waals surface area contributed by atoms with E-state index in [1.54, 1.807) is 31.3 Å². The molecule has 3 aromatic rings. The number of unbranched alkanes of at least 4 members (excludes halogenated alkanes) is 1. The van der Waals surface area contributed by atoms with Gasteiger partial charge in [0.15, 0.2) is 5.82 Å². The summed E-state index contributed by atoms with van der Waals surface area (Å²) in [4.78, 5) is 18.3. The average molecular weight is 443 g/mol. The minimum atomic E-state index is -4.77. The van der Waals surface area contributed by atoms with Gasteiger partial charge in [0.2, 0.25) is 5.91 Å². The fourth-order valence-electron chi connectivity index (χ4n) is 3.00. The van der Waals surface area contributed by atoms with Gasteiger partial charge in [-0.05, 0) is 60.4 Å². The van der Waals surface area contributed by atoms with Crippen LogP contribution in [0.15, 0.2) is 54.7 Å². The van der Waals surface area contributed by atoms with Gasteiger partial charge in [-0.1, -0.05) is 25.5 Å². The third-order valence-electron chi connectivity index (χ3n) is 4.66. The predicted molar refractivity (Wildman–Crippen MR) is 114 cm³/mol. The molecule has 0 N–H and O–H groups in total. The van der Waals surface area contributed by atoms with Gasteiger partial charge in [0.25, 0.3) is 0 Å². The Bertz CT molecular complexity index is 1060. The summed E-state index contributed by atoms with van der Waals surface area (Å²) in [6, 6.07) is 12.5. The van der Waals surface area contributed by atoms with Crippen LogP contribution in [0.3, 0.4) is 0 Å². The zero-order chi connectivity index (χ0) is 23.1. The number of likely N-dealkylation sites (N-methyl/N-ethyl adjacent to an activating group) is 1. The second-order valence-corrected chi connectivity index (χ2v) is 7.08. The first kappa shape index (κ1) is 23.2. The quantitative estimate of drug-likeness (QED) is 0.500. The van der Waals surface area contributed by atoms with Gasteiger partial charge < -0.3 is 4.74 Å². The number of ether oxygens (including phenoxy) is 1. The lowest BCUT2D eigenvalue weighted by atomic mass is 10.0. The number of carbonyl (C=O) groups is 1. The molecular formula is C23H22F3N4O2. The normalized spacial score (nSPS) is 11.3. The highest BCUT2D eigenvalue weighted by atomic mass is 19.4. The summed E-state index contributed by atoms with van der Waals surface area (Å²) in [6.07, 6.45) is -0.766. The number of carbonyl (C=O) groups excluding carboxylic acids is 1. The SMILES string of the molecule is [CH2]CCCc1ccc(N(C)C(=O)Cc2cc(-c3cccc(OC(F)(F)F)c3)ccn2)nn1. The first-order valence-electron chi connectivity index (χ1n) is 9.94. The Kier molecular flexibility index (Phi) is 7.40. The Balaban J connectivity index is 1.70. The summed E-state index contributed by atoms with van der Waals surface area (Å²) in [7, 11) is 1.60. The first-order chi connectivity index (χ1) is 15.2. The molecule has 1 amide bonds. The van der Waals surface area contributed by atoms with E-state index in [0.29, 0.717) is 22.6 Å². The van der Waals surface area contributed by atoms with Crippen LogP contribution in [-0.4, -0.2) is 34.5 Å². The van der Waals surface area contributed by atoms with Crippen molar-refractivity contribution in [1.82, 2.24) is 15.2 Å². The summed E-state index contributed by atoms with van der Waals surface area (Å²) in [6.45, 7) is 3.80. The van der Waals surface area contributed by atoms with E-state index in [0.717, 1.165) is 25.0 Å². The number of aryl methyl sites for hydroxylation is 1. The largest absolute Gasteiger partial charge is 0.573 e. The number of hydrogen-bond acceptors (Lipinski definition) is 5. The van der Waals surface area contributed by atoms with Gasteiger partial charge in [0, 0.05) is 13.2 Å². The molecule has 0 fully saturated rings. The number of rotatable bonds is 8. The van der Waals surface area contributed by atoms with E-state index < -0.39 is 6.36 Å². The number of nitrogens with zero attached hydrogens (tertiary/aromatic N) is 4. The molecule has 0 atom stereocenters. The standard InChI is InChI=1S/C23H22F3N4O2/c1-3-4-7-18-9-10-21(29-28-18)30(2)22(31)15-19-13-17(11-12-27-19)16-6-5-8-20(14-16)32-23(24,25)26/h5-6,8-14H,1,3-4,7,15H2,2H3. The van der Waals surface area contributed by atoms with Gasteiger partial charge in [-0.3, -0.25) is 14.7 Å². The summed E-state index contributed by atoms with van der Waals surface area (Å²) < 4.78 is 41.4. The Morgan fingerprint density at radius 2 is 1.84 bits per heavy atom. The second kappa shape index (κ2) is 10.2. The lowest BCUT2D eigenvalue weighted by Gasteiger charge is -2.16. The molecule has 2 aromatic heterocycles. The molecule has 0 bridgehead atoms. The van der Waals surface area contributed by atoms with Gasteiger partial charge in [-0.25, -0.2) is 0 Å². The molecule has 0 aliphatic heterocycles.